The predicted molar refractivity (Wildman–Crippen MR) is 103 cm³/mol. The molecule has 1 fully saturated rings. The molecule has 142 valence electrons. The van der Waals surface area contributed by atoms with Crippen molar-refractivity contribution in [3.05, 3.63) is 46.7 Å². The number of amides is 1. The largest absolute Gasteiger partial charge is 0.481 e. The van der Waals surface area contributed by atoms with Crippen LogP contribution in [-0.2, 0) is 16.0 Å². The van der Waals surface area contributed by atoms with Crippen molar-refractivity contribution >= 4 is 23.2 Å². The number of hydrogen-bond donors (Lipinski definition) is 2. The Morgan fingerprint density at radius 2 is 2.27 bits per heavy atom. The van der Waals surface area contributed by atoms with E-state index in [0.29, 0.717) is 32.2 Å². The lowest BCUT2D eigenvalue weighted by Crippen LogP contribution is -2.42. The molecular weight excluding hydrogens is 350 g/mol. The second-order valence-electron chi connectivity index (χ2n) is 6.50. The number of thiophene rings is 1. The fourth-order valence-electron chi connectivity index (χ4n) is 3.02. The van der Waals surface area contributed by atoms with Crippen molar-refractivity contribution < 1.29 is 19.8 Å². The van der Waals surface area contributed by atoms with Gasteiger partial charge in [0.2, 0.25) is 5.91 Å². The first-order valence-electron chi connectivity index (χ1n) is 9.11. The summed E-state index contributed by atoms with van der Waals surface area (Å²) in [5.74, 6) is -0.648. The van der Waals surface area contributed by atoms with Gasteiger partial charge in [-0.3, -0.25) is 9.59 Å². The molecule has 2 N–H and O–H groups in total. The van der Waals surface area contributed by atoms with Crippen LogP contribution in [0.2, 0.25) is 0 Å². The number of carbonyl (C=O) groups excluding carboxylic acids is 1. The van der Waals surface area contributed by atoms with Crippen LogP contribution >= 0.6 is 11.3 Å². The van der Waals surface area contributed by atoms with Crippen LogP contribution in [0.25, 0.3) is 0 Å². The van der Waals surface area contributed by atoms with Crippen LogP contribution in [0.4, 0.5) is 0 Å². The van der Waals surface area contributed by atoms with Crippen molar-refractivity contribution in [3.8, 4) is 0 Å². The molecule has 1 aliphatic heterocycles. The highest BCUT2D eigenvalue weighted by molar-refractivity contribution is 7.09. The second-order valence-corrected chi connectivity index (χ2v) is 7.53. The fraction of sp³-hybridized carbons (Fsp3) is 0.500. The Bertz CT molecular complexity index is 624. The molecule has 0 bridgehead atoms. The third kappa shape index (κ3) is 7.14. The zero-order valence-electron chi connectivity index (χ0n) is 14.9. The van der Waals surface area contributed by atoms with Crippen LogP contribution in [0.5, 0.6) is 0 Å². The van der Waals surface area contributed by atoms with Crippen molar-refractivity contribution in [1.82, 2.24) is 4.90 Å². The Morgan fingerprint density at radius 1 is 1.42 bits per heavy atom. The number of carboxylic acid groups (broad SMARTS) is 1. The summed E-state index contributed by atoms with van der Waals surface area (Å²) >= 11 is 1.63. The molecule has 0 aromatic carbocycles. The molecule has 2 heterocycles. The molecule has 1 aromatic heterocycles. The molecule has 0 aliphatic carbocycles. The minimum Gasteiger partial charge on any atom is -0.481 e. The number of aliphatic hydroxyl groups is 1. The van der Waals surface area contributed by atoms with Gasteiger partial charge < -0.3 is 15.1 Å². The average Bonchev–Trinajstić information content (AvgIpc) is 3.10. The number of nitrogens with zero attached hydrogens (tertiary/aromatic N) is 1. The Balaban J connectivity index is 1.84. The number of aliphatic hydroxyl groups excluding tert-OH is 1. The van der Waals surface area contributed by atoms with Crippen LogP contribution < -0.4 is 0 Å². The second kappa shape index (κ2) is 10.9. The minimum absolute atomic E-state index is 0.0119. The Kier molecular flexibility index (Phi) is 8.58. The molecule has 2 atom stereocenters. The number of allylic oxidation sites excluding steroid dienone is 1. The summed E-state index contributed by atoms with van der Waals surface area (Å²) in [6.45, 7) is 0.530. The van der Waals surface area contributed by atoms with E-state index >= 15 is 0 Å². The van der Waals surface area contributed by atoms with E-state index in [1.54, 1.807) is 17.4 Å². The lowest BCUT2D eigenvalue weighted by molar-refractivity contribution is -0.137. The minimum atomic E-state index is -0.782. The summed E-state index contributed by atoms with van der Waals surface area (Å²) in [7, 11) is 0. The lowest BCUT2D eigenvalue weighted by atomic mass is 10.00. The van der Waals surface area contributed by atoms with Gasteiger partial charge in [0.05, 0.1) is 12.1 Å². The molecule has 2 rings (SSSR count). The highest BCUT2D eigenvalue weighted by Gasteiger charge is 2.25. The van der Waals surface area contributed by atoms with E-state index in [9.17, 15) is 14.7 Å². The molecule has 6 heteroatoms. The van der Waals surface area contributed by atoms with E-state index in [0.717, 1.165) is 17.7 Å². The first kappa shape index (κ1) is 20.4. The van der Waals surface area contributed by atoms with Crippen LogP contribution in [0.15, 0.2) is 41.8 Å². The molecule has 1 unspecified atom stereocenters. The van der Waals surface area contributed by atoms with Crippen molar-refractivity contribution in [2.45, 2.75) is 57.1 Å². The van der Waals surface area contributed by atoms with E-state index in [1.165, 1.54) is 0 Å². The number of unbranched alkanes of at least 4 members (excludes halogenated alkanes) is 1. The molecule has 1 saturated heterocycles. The average molecular weight is 378 g/mol. The van der Waals surface area contributed by atoms with Crippen molar-refractivity contribution in [1.29, 1.82) is 0 Å². The Morgan fingerprint density at radius 3 is 3.00 bits per heavy atom. The summed E-state index contributed by atoms with van der Waals surface area (Å²) < 4.78 is 0. The monoisotopic (exact) mass is 377 g/mol. The number of hydrogen-bond acceptors (Lipinski definition) is 4. The van der Waals surface area contributed by atoms with Gasteiger partial charge in [0.1, 0.15) is 0 Å². The molecule has 0 spiro atoms. The number of carbonyl (C=O) groups is 2. The van der Waals surface area contributed by atoms with Gasteiger partial charge in [-0.25, -0.2) is 0 Å². The third-order valence-corrected chi connectivity index (χ3v) is 5.29. The number of piperidine rings is 1. The topological polar surface area (TPSA) is 77.8 Å². The van der Waals surface area contributed by atoms with Crippen molar-refractivity contribution in [2.24, 2.45) is 0 Å². The third-order valence-electron chi connectivity index (χ3n) is 4.39. The van der Waals surface area contributed by atoms with Gasteiger partial charge in [-0.1, -0.05) is 30.4 Å². The maximum atomic E-state index is 12.2. The normalized spacial score (nSPS) is 19.5. The quantitative estimate of drug-likeness (QED) is 0.484. The van der Waals surface area contributed by atoms with Gasteiger partial charge in [0, 0.05) is 30.7 Å². The summed E-state index contributed by atoms with van der Waals surface area (Å²) in [5.41, 5.74) is 0. The number of likely N-dealkylation sites (tertiary alicyclic amines) is 1. The first-order valence-corrected chi connectivity index (χ1v) is 9.99. The zero-order valence-corrected chi connectivity index (χ0v) is 15.7. The zero-order chi connectivity index (χ0) is 18.8. The first-order chi connectivity index (χ1) is 12.6. The van der Waals surface area contributed by atoms with Crippen LogP contribution in [0.1, 0.15) is 43.4 Å². The smallest absolute Gasteiger partial charge is 0.303 e. The van der Waals surface area contributed by atoms with E-state index in [1.807, 2.05) is 40.6 Å². The molecule has 1 aliphatic rings. The molecular formula is C20H27NO4S. The van der Waals surface area contributed by atoms with E-state index in [2.05, 4.69) is 0 Å². The summed E-state index contributed by atoms with van der Waals surface area (Å²) in [6.07, 6.45) is 11.5. The maximum Gasteiger partial charge on any atom is 0.303 e. The van der Waals surface area contributed by atoms with E-state index in [4.69, 9.17) is 5.11 Å². The van der Waals surface area contributed by atoms with Gasteiger partial charge >= 0.3 is 5.97 Å². The highest BCUT2D eigenvalue weighted by Crippen LogP contribution is 2.20. The summed E-state index contributed by atoms with van der Waals surface area (Å²) in [4.78, 5) is 25.7. The van der Waals surface area contributed by atoms with Crippen molar-refractivity contribution in [2.75, 3.05) is 6.54 Å². The molecule has 26 heavy (non-hydrogen) atoms. The lowest BCUT2D eigenvalue weighted by Gasteiger charge is -2.33. The summed E-state index contributed by atoms with van der Waals surface area (Å²) in [5, 5.41) is 20.8. The number of carboxylic acids is 1. The van der Waals surface area contributed by atoms with Crippen molar-refractivity contribution in [3.63, 3.8) is 0 Å². The van der Waals surface area contributed by atoms with Crippen LogP contribution in [-0.4, -0.2) is 45.7 Å². The van der Waals surface area contributed by atoms with Crippen LogP contribution in [0.3, 0.4) is 0 Å². The van der Waals surface area contributed by atoms with Gasteiger partial charge in [-0.2, -0.15) is 0 Å². The molecule has 5 nitrogen and oxygen atoms in total. The van der Waals surface area contributed by atoms with Gasteiger partial charge in [-0.05, 0) is 37.1 Å². The van der Waals surface area contributed by atoms with Crippen LogP contribution in [0, 0.1) is 0 Å². The molecule has 1 amide bonds. The fourth-order valence-corrected chi connectivity index (χ4v) is 3.78. The van der Waals surface area contributed by atoms with Gasteiger partial charge in [-0.15, -0.1) is 11.3 Å². The number of rotatable bonds is 10. The maximum absolute atomic E-state index is 12.2. The Hall–Kier alpha value is -1.92. The SMILES string of the molecule is O=C(O)CCCC=CCN1C(=O)CCC[C@@H]1C=CC(O)Cc1cccs1. The van der Waals surface area contributed by atoms with E-state index in [-0.39, 0.29) is 18.4 Å². The highest BCUT2D eigenvalue weighted by atomic mass is 32.1. The Labute approximate surface area is 158 Å². The van der Waals surface area contributed by atoms with Gasteiger partial charge in [0.25, 0.3) is 0 Å². The van der Waals surface area contributed by atoms with Gasteiger partial charge in [0.15, 0.2) is 0 Å². The molecule has 0 radical (unpaired) electrons. The standard InChI is InChI=1S/C20H27NO4S/c22-17(15-18-8-6-14-26-18)12-11-16-7-5-9-19(23)21(16)13-4-2-1-3-10-20(24)25/h2,4,6,8,11-12,14,16-17,22H,1,3,5,7,9-10,13,15H2,(H,24,25)/t16-,17?/m1/s1. The summed E-state index contributed by atoms with van der Waals surface area (Å²) in [6, 6.07) is 3.99. The molecule has 0 saturated carbocycles. The predicted octanol–water partition coefficient (Wildman–Crippen LogP) is 3.40. The number of aliphatic carboxylic acids is 1. The molecule has 1 aromatic rings. The van der Waals surface area contributed by atoms with E-state index < -0.39 is 12.1 Å².